The van der Waals surface area contributed by atoms with Crippen molar-refractivity contribution in [1.29, 1.82) is 0 Å². The Morgan fingerprint density at radius 3 is 1.28 bits per heavy atom. The van der Waals surface area contributed by atoms with Gasteiger partial charge in [0, 0.05) is 11.1 Å². The Hall–Kier alpha value is -3.31. The van der Waals surface area contributed by atoms with Gasteiger partial charge in [0.05, 0.1) is 9.79 Å². The maximum absolute atomic E-state index is 14.3. The largest absolute Gasteiger partial charge is 0.219 e. The summed E-state index contributed by atoms with van der Waals surface area (Å²) in [7, 11) is -3.97. The molecule has 29 heavy (non-hydrogen) atoms. The first kappa shape index (κ1) is 19.0. The van der Waals surface area contributed by atoms with Crippen LogP contribution in [0.4, 0.5) is 8.78 Å². The standard InChI is InChI=1S/C24H16F2O2S/c25-23-13-11-19(15-21(23)17-7-3-1-4-8-17)29(27,28)20-12-14-24(26)22(16-20)18-9-5-2-6-10-18/h1-16H. The number of sulfone groups is 1. The first-order valence-corrected chi connectivity index (χ1v) is 10.4. The highest BCUT2D eigenvalue weighted by Gasteiger charge is 2.21. The molecule has 0 spiro atoms. The minimum atomic E-state index is -3.97. The number of rotatable bonds is 4. The van der Waals surface area contributed by atoms with E-state index in [4.69, 9.17) is 0 Å². The maximum atomic E-state index is 14.3. The van der Waals surface area contributed by atoms with Crippen LogP contribution in [-0.4, -0.2) is 8.42 Å². The first-order chi connectivity index (χ1) is 14.0. The van der Waals surface area contributed by atoms with Gasteiger partial charge in [0.1, 0.15) is 11.6 Å². The Balaban J connectivity index is 1.83. The van der Waals surface area contributed by atoms with Crippen LogP contribution in [-0.2, 0) is 9.84 Å². The van der Waals surface area contributed by atoms with E-state index < -0.39 is 21.5 Å². The Labute approximate surface area is 168 Å². The number of halogens is 2. The molecule has 144 valence electrons. The lowest BCUT2D eigenvalue weighted by Gasteiger charge is -2.11. The highest BCUT2D eigenvalue weighted by Crippen LogP contribution is 2.31. The molecule has 2 nitrogen and oxygen atoms in total. The molecule has 4 aromatic rings. The van der Waals surface area contributed by atoms with Gasteiger partial charge in [-0.1, -0.05) is 60.7 Å². The molecule has 0 unspecified atom stereocenters. The molecule has 0 radical (unpaired) electrons. The topological polar surface area (TPSA) is 34.1 Å². The minimum absolute atomic E-state index is 0.0524. The van der Waals surface area contributed by atoms with Crippen molar-refractivity contribution in [3.05, 3.63) is 109 Å². The molecule has 0 aromatic heterocycles. The van der Waals surface area contributed by atoms with E-state index in [0.29, 0.717) is 11.1 Å². The van der Waals surface area contributed by atoms with Crippen molar-refractivity contribution < 1.29 is 17.2 Å². The number of benzene rings is 4. The van der Waals surface area contributed by atoms with Crippen molar-refractivity contribution in [2.75, 3.05) is 0 Å². The van der Waals surface area contributed by atoms with Crippen molar-refractivity contribution in [2.24, 2.45) is 0 Å². The van der Waals surface area contributed by atoms with Gasteiger partial charge in [0.25, 0.3) is 0 Å². The summed E-state index contributed by atoms with van der Waals surface area (Å²) in [6.45, 7) is 0. The maximum Gasteiger partial charge on any atom is 0.206 e. The summed E-state index contributed by atoms with van der Waals surface area (Å²) >= 11 is 0. The molecule has 4 aromatic carbocycles. The van der Waals surface area contributed by atoms with Gasteiger partial charge in [-0.15, -0.1) is 0 Å². The molecular formula is C24H16F2O2S. The lowest BCUT2D eigenvalue weighted by Crippen LogP contribution is -2.04. The van der Waals surface area contributed by atoms with Gasteiger partial charge < -0.3 is 0 Å². The lowest BCUT2D eigenvalue weighted by molar-refractivity contribution is 0.594. The summed E-state index contributed by atoms with van der Waals surface area (Å²) in [6, 6.07) is 24.8. The second kappa shape index (κ2) is 7.60. The van der Waals surface area contributed by atoms with Crippen molar-refractivity contribution in [1.82, 2.24) is 0 Å². The third kappa shape index (κ3) is 3.69. The normalized spacial score (nSPS) is 11.4. The van der Waals surface area contributed by atoms with Crippen LogP contribution in [0.2, 0.25) is 0 Å². The molecule has 0 amide bonds. The van der Waals surface area contributed by atoms with E-state index in [2.05, 4.69) is 0 Å². The number of hydrogen-bond acceptors (Lipinski definition) is 2. The van der Waals surface area contributed by atoms with Crippen LogP contribution in [0.5, 0.6) is 0 Å². The summed E-state index contributed by atoms with van der Waals surface area (Å²) < 4.78 is 55.0. The third-order valence-electron chi connectivity index (χ3n) is 4.67. The minimum Gasteiger partial charge on any atom is -0.219 e. The van der Waals surface area contributed by atoms with Crippen molar-refractivity contribution in [3.63, 3.8) is 0 Å². The number of hydrogen-bond donors (Lipinski definition) is 0. The molecule has 0 atom stereocenters. The molecule has 0 bridgehead atoms. The van der Waals surface area contributed by atoms with Gasteiger partial charge in [-0.25, -0.2) is 17.2 Å². The molecule has 0 fully saturated rings. The SMILES string of the molecule is O=S(=O)(c1ccc(F)c(-c2ccccc2)c1)c1ccc(F)c(-c2ccccc2)c1. The molecule has 0 aliphatic carbocycles. The van der Waals surface area contributed by atoms with Crippen LogP contribution in [0.15, 0.2) is 107 Å². The fourth-order valence-electron chi connectivity index (χ4n) is 3.16. The van der Waals surface area contributed by atoms with Gasteiger partial charge in [-0.2, -0.15) is 0 Å². The summed E-state index contributed by atoms with van der Waals surface area (Å²) in [5.74, 6) is -1.03. The van der Waals surface area contributed by atoms with Crippen molar-refractivity contribution >= 4 is 9.84 Å². The van der Waals surface area contributed by atoms with E-state index in [1.165, 1.54) is 24.3 Å². The summed E-state index contributed by atoms with van der Waals surface area (Å²) in [4.78, 5) is -0.105. The molecule has 0 heterocycles. The smallest absolute Gasteiger partial charge is 0.206 e. The quantitative estimate of drug-likeness (QED) is 0.382. The third-order valence-corrected chi connectivity index (χ3v) is 6.41. The zero-order chi connectivity index (χ0) is 20.4. The van der Waals surface area contributed by atoms with Gasteiger partial charge in [-0.05, 0) is 47.5 Å². The second-order valence-corrected chi connectivity index (χ2v) is 8.47. The molecule has 0 saturated heterocycles. The van der Waals surface area contributed by atoms with E-state index in [-0.39, 0.29) is 20.9 Å². The first-order valence-electron chi connectivity index (χ1n) is 8.92. The van der Waals surface area contributed by atoms with Crippen molar-refractivity contribution in [3.8, 4) is 22.3 Å². The van der Waals surface area contributed by atoms with Crippen LogP contribution in [0, 0.1) is 11.6 Å². The lowest BCUT2D eigenvalue weighted by atomic mass is 10.1. The average Bonchev–Trinajstić information content (AvgIpc) is 2.75. The zero-order valence-electron chi connectivity index (χ0n) is 15.2. The predicted octanol–water partition coefficient (Wildman–Crippen LogP) is 6.13. The van der Waals surface area contributed by atoms with Crippen LogP contribution in [0.25, 0.3) is 22.3 Å². The summed E-state index contributed by atoms with van der Waals surface area (Å²) in [6.07, 6.45) is 0. The van der Waals surface area contributed by atoms with Crippen LogP contribution < -0.4 is 0 Å². The highest BCUT2D eigenvalue weighted by molar-refractivity contribution is 7.91. The Morgan fingerprint density at radius 1 is 0.517 bits per heavy atom. The second-order valence-electron chi connectivity index (χ2n) is 6.52. The monoisotopic (exact) mass is 406 g/mol. The van der Waals surface area contributed by atoms with Gasteiger partial charge >= 0.3 is 0 Å². The van der Waals surface area contributed by atoms with Crippen LogP contribution in [0.1, 0.15) is 0 Å². The molecule has 0 aliphatic rings. The van der Waals surface area contributed by atoms with E-state index in [1.54, 1.807) is 60.7 Å². The fourth-order valence-corrected chi connectivity index (χ4v) is 4.47. The Morgan fingerprint density at radius 2 is 0.897 bits per heavy atom. The molecule has 0 N–H and O–H groups in total. The van der Waals surface area contributed by atoms with E-state index in [0.717, 1.165) is 12.1 Å². The Kier molecular flexibility index (Phi) is 4.99. The fraction of sp³-hybridized carbons (Fsp3) is 0. The van der Waals surface area contributed by atoms with E-state index in [9.17, 15) is 17.2 Å². The average molecular weight is 406 g/mol. The van der Waals surface area contributed by atoms with E-state index >= 15 is 0 Å². The summed E-state index contributed by atoms with van der Waals surface area (Å²) in [5.41, 5.74) is 1.53. The molecular weight excluding hydrogens is 390 g/mol. The van der Waals surface area contributed by atoms with Crippen LogP contribution in [0.3, 0.4) is 0 Å². The summed E-state index contributed by atoms with van der Waals surface area (Å²) in [5, 5.41) is 0. The van der Waals surface area contributed by atoms with E-state index in [1.807, 2.05) is 0 Å². The molecule has 5 heteroatoms. The Bertz CT molecular complexity index is 1170. The molecule has 0 aliphatic heterocycles. The molecule has 0 saturated carbocycles. The van der Waals surface area contributed by atoms with Crippen LogP contribution >= 0.6 is 0 Å². The van der Waals surface area contributed by atoms with Gasteiger partial charge in [-0.3, -0.25) is 0 Å². The predicted molar refractivity (Wildman–Crippen MR) is 109 cm³/mol. The van der Waals surface area contributed by atoms with Crippen molar-refractivity contribution in [2.45, 2.75) is 9.79 Å². The highest BCUT2D eigenvalue weighted by atomic mass is 32.2. The van der Waals surface area contributed by atoms with Gasteiger partial charge in [0.15, 0.2) is 0 Å². The van der Waals surface area contributed by atoms with Gasteiger partial charge in [0.2, 0.25) is 9.84 Å². The molecule has 4 rings (SSSR count). The zero-order valence-corrected chi connectivity index (χ0v) is 16.0.